The summed E-state index contributed by atoms with van der Waals surface area (Å²) < 4.78 is 5.57. The summed E-state index contributed by atoms with van der Waals surface area (Å²) in [6.07, 6.45) is 1.39. The van der Waals surface area contributed by atoms with Crippen LogP contribution in [0, 0.1) is 0 Å². The molecule has 0 fully saturated rings. The monoisotopic (exact) mass is 232 g/mol. The smallest absolute Gasteiger partial charge is 0.0932 e. The molecule has 1 nitrogen and oxygen atoms in total. The third kappa shape index (κ3) is 1.37. The molecule has 0 spiro atoms. The molecule has 0 saturated heterocycles. The minimum absolute atomic E-state index is 0.296. The van der Waals surface area contributed by atoms with E-state index in [0.717, 1.165) is 18.4 Å². The fraction of sp³-hybridized carbons (Fsp3) is 0.500. The fourth-order valence-corrected chi connectivity index (χ4v) is 2.80. The molecule has 1 aromatic rings. The number of hydrogen-bond donors (Lipinski definition) is 0. The molecule has 1 unspecified atom stereocenters. The molecule has 1 aliphatic heterocycles. The van der Waals surface area contributed by atoms with E-state index in [-0.39, 0.29) is 0 Å². The quantitative estimate of drug-likeness (QED) is 0.677. The van der Waals surface area contributed by atoms with Crippen LogP contribution in [0.3, 0.4) is 0 Å². The van der Waals surface area contributed by atoms with Crippen molar-refractivity contribution in [1.29, 1.82) is 0 Å². The number of rotatable bonds is 1. The van der Waals surface area contributed by atoms with E-state index < -0.39 is 0 Å². The number of fused-ring (bicyclic) bond motifs is 1. The van der Waals surface area contributed by atoms with Crippen LogP contribution in [0.5, 0.6) is 0 Å². The van der Waals surface area contributed by atoms with Crippen molar-refractivity contribution in [2.75, 3.05) is 11.9 Å². The van der Waals surface area contributed by atoms with Gasteiger partial charge in [-0.25, -0.2) is 0 Å². The largest absolute Gasteiger partial charge is 0.372 e. The van der Waals surface area contributed by atoms with Gasteiger partial charge in [0.15, 0.2) is 0 Å². The van der Waals surface area contributed by atoms with Crippen LogP contribution in [0.4, 0.5) is 0 Å². The van der Waals surface area contributed by atoms with E-state index in [1.807, 2.05) is 11.3 Å². The van der Waals surface area contributed by atoms with Crippen LogP contribution in [0.2, 0.25) is 0 Å². The summed E-state index contributed by atoms with van der Waals surface area (Å²) in [4.78, 5) is 1.50. The Morgan fingerprint density at radius 1 is 1.73 bits per heavy atom. The Morgan fingerprint density at radius 3 is 3.45 bits per heavy atom. The molecule has 11 heavy (non-hydrogen) atoms. The molecule has 0 aliphatic carbocycles. The van der Waals surface area contributed by atoms with E-state index in [9.17, 15) is 0 Å². The maximum Gasteiger partial charge on any atom is 0.0932 e. The molecule has 1 aliphatic rings. The zero-order valence-corrected chi connectivity index (χ0v) is 8.45. The molecule has 1 atom stereocenters. The standard InChI is InChI=1S/C8H9BrOS/c9-5-7-6-2-4-11-8(6)1-3-10-7/h2,4,7H,1,3,5H2. The van der Waals surface area contributed by atoms with Crippen molar-refractivity contribution in [2.45, 2.75) is 12.5 Å². The van der Waals surface area contributed by atoms with Crippen molar-refractivity contribution in [1.82, 2.24) is 0 Å². The van der Waals surface area contributed by atoms with E-state index in [4.69, 9.17) is 4.74 Å². The highest BCUT2D eigenvalue weighted by molar-refractivity contribution is 9.09. The highest BCUT2D eigenvalue weighted by atomic mass is 79.9. The Hall–Kier alpha value is 0.140. The molecular weight excluding hydrogens is 224 g/mol. The minimum Gasteiger partial charge on any atom is -0.372 e. The molecule has 0 saturated carbocycles. The van der Waals surface area contributed by atoms with Crippen LogP contribution in [0.1, 0.15) is 16.5 Å². The van der Waals surface area contributed by atoms with Gasteiger partial charge in [-0.15, -0.1) is 11.3 Å². The van der Waals surface area contributed by atoms with Gasteiger partial charge < -0.3 is 4.74 Å². The third-order valence-corrected chi connectivity index (χ3v) is 3.50. The summed E-state index contributed by atoms with van der Waals surface area (Å²) >= 11 is 5.29. The molecule has 0 amide bonds. The van der Waals surface area contributed by atoms with Gasteiger partial charge in [0.25, 0.3) is 0 Å². The fourth-order valence-electron chi connectivity index (χ4n) is 1.35. The number of alkyl halides is 1. The summed E-state index contributed by atoms with van der Waals surface area (Å²) in [6.45, 7) is 0.879. The number of hydrogen-bond acceptors (Lipinski definition) is 2. The minimum atomic E-state index is 0.296. The summed E-state index contributed by atoms with van der Waals surface area (Å²) in [5.74, 6) is 0. The third-order valence-electron chi connectivity index (χ3n) is 1.92. The molecule has 60 valence electrons. The summed E-state index contributed by atoms with van der Waals surface area (Å²) in [6, 6.07) is 2.17. The number of halogens is 1. The molecule has 0 radical (unpaired) electrons. The predicted molar refractivity (Wildman–Crippen MR) is 50.5 cm³/mol. The van der Waals surface area contributed by atoms with Gasteiger partial charge in [0.1, 0.15) is 0 Å². The average molecular weight is 233 g/mol. The first-order valence-corrected chi connectivity index (χ1v) is 5.66. The van der Waals surface area contributed by atoms with Crippen LogP contribution in [-0.4, -0.2) is 11.9 Å². The van der Waals surface area contributed by atoms with Gasteiger partial charge in [0.05, 0.1) is 12.7 Å². The Kier molecular flexibility index (Phi) is 2.30. The van der Waals surface area contributed by atoms with E-state index in [1.165, 1.54) is 10.4 Å². The lowest BCUT2D eigenvalue weighted by atomic mass is 10.1. The van der Waals surface area contributed by atoms with E-state index in [2.05, 4.69) is 27.4 Å². The predicted octanol–water partition coefficient (Wildman–Crippen LogP) is 2.76. The van der Waals surface area contributed by atoms with Crippen LogP contribution >= 0.6 is 27.3 Å². The zero-order valence-electron chi connectivity index (χ0n) is 6.05. The number of thiophene rings is 1. The van der Waals surface area contributed by atoms with Gasteiger partial charge in [-0.05, 0) is 17.0 Å². The molecule has 1 aromatic heterocycles. The summed E-state index contributed by atoms with van der Waals surface area (Å²) in [5.41, 5.74) is 1.39. The van der Waals surface area contributed by atoms with Gasteiger partial charge >= 0.3 is 0 Å². The molecule has 0 aromatic carbocycles. The van der Waals surface area contributed by atoms with Gasteiger partial charge in [0, 0.05) is 16.6 Å². The van der Waals surface area contributed by atoms with Crippen molar-refractivity contribution in [3.05, 3.63) is 21.9 Å². The summed E-state index contributed by atoms with van der Waals surface area (Å²) in [7, 11) is 0. The van der Waals surface area contributed by atoms with Crippen molar-refractivity contribution < 1.29 is 4.74 Å². The SMILES string of the molecule is BrCC1OCCc2sccc21. The van der Waals surface area contributed by atoms with Gasteiger partial charge in [0.2, 0.25) is 0 Å². The molecule has 3 heteroatoms. The van der Waals surface area contributed by atoms with E-state index >= 15 is 0 Å². The van der Waals surface area contributed by atoms with Gasteiger partial charge in [-0.1, -0.05) is 15.9 Å². The second-order valence-electron chi connectivity index (χ2n) is 2.56. The summed E-state index contributed by atoms with van der Waals surface area (Å²) in [5, 5.41) is 3.06. The lowest BCUT2D eigenvalue weighted by Crippen LogP contribution is -2.14. The lowest BCUT2D eigenvalue weighted by molar-refractivity contribution is 0.0609. The van der Waals surface area contributed by atoms with Crippen LogP contribution in [0.15, 0.2) is 11.4 Å². The average Bonchev–Trinajstić information content (AvgIpc) is 2.50. The highest BCUT2D eigenvalue weighted by Gasteiger charge is 2.20. The topological polar surface area (TPSA) is 9.23 Å². The van der Waals surface area contributed by atoms with Crippen molar-refractivity contribution >= 4 is 27.3 Å². The molecule has 0 bridgehead atoms. The van der Waals surface area contributed by atoms with E-state index in [1.54, 1.807) is 0 Å². The highest BCUT2D eigenvalue weighted by Crippen LogP contribution is 2.31. The van der Waals surface area contributed by atoms with Crippen LogP contribution in [-0.2, 0) is 11.2 Å². The van der Waals surface area contributed by atoms with Crippen molar-refractivity contribution in [3.8, 4) is 0 Å². The molecule has 2 rings (SSSR count). The van der Waals surface area contributed by atoms with E-state index in [0.29, 0.717) is 6.10 Å². The van der Waals surface area contributed by atoms with Gasteiger partial charge in [-0.2, -0.15) is 0 Å². The maximum atomic E-state index is 5.57. The number of ether oxygens (including phenoxy) is 1. The van der Waals surface area contributed by atoms with Crippen LogP contribution < -0.4 is 0 Å². The van der Waals surface area contributed by atoms with Crippen molar-refractivity contribution in [2.24, 2.45) is 0 Å². The first-order chi connectivity index (χ1) is 5.42. The maximum absolute atomic E-state index is 5.57. The second-order valence-corrected chi connectivity index (χ2v) is 4.21. The molecular formula is C8H9BrOS. The Balaban J connectivity index is 2.32. The van der Waals surface area contributed by atoms with Crippen molar-refractivity contribution in [3.63, 3.8) is 0 Å². The Morgan fingerprint density at radius 2 is 2.64 bits per heavy atom. The van der Waals surface area contributed by atoms with Gasteiger partial charge in [-0.3, -0.25) is 0 Å². The first kappa shape index (κ1) is 7.77. The van der Waals surface area contributed by atoms with Crippen LogP contribution in [0.25, 0.3) is 0 Å². The second kappa shape index (κ2) is 3.25. The Bertz CT molecular complexity index is 246. The molecule has 0 N–H and O–H groups in total. The first-order valence-electron chi connectivity index (χ1n) is 3.65. The molecule has 2 heterocycles. The lowest BCUT2D eigenvalue weighted by Gasteiger charge is -2.20. The normalized spacial score (nSPS) is 23.2. The Labute approximate surface area is 78.5 Å². The zero-order chi connectivity index (χ0) is 7.68.